The van der Waals surface area contributed by atoms with Gasteiger partial charge in [-0.2, -0.15) is 13.2 Å². The van der Waals surface area contributed by atoms with E-state index >= 15 is 0 Å². The summed E-state index contributed by atoms with van der Waals surface area (Å²) in [5.41, 5.74) is 0.804. The molecule has 0 spiro atoms. The van der Waals surface area contributed by atoms with Crippen LogP contribution in [0.4, 0.5) is 17.6 Å². The normalized spacial score (nSPS) is 18.5. The molecule has 0 aliphatic carbocycles. The van der Waals surface area contributed by atoms with Crippen molar-refractivity contribution in [3.63, 3.8) is 0 Å². The molecule has 0 radical (unpaired) electrons. The number of alkyl halides is 3. The van der Waals surface area contributed by atoms with Crippen LogP contribution in [0.2, 0.25) is 0 Å². The van der Waals surface area contributed by atoms with Crippen molar-refractivity contribution in [2.24, 2.45) is 4.99 Å². The molecule has 1 fully saturated rings. The van der Waals surface area contributed by atoms with E-state index in [0.29, 0.717) is 38.6 Å². The number of guanidine groups is 1. The summed E-state index contributed by atoms with van der Waals surface area (Å²) in [4.78, 5) is 7.65. The maximum absolute atomic E-state index is 13.3. The number of nitrogens with zero attached hydrogens (tertiary/aromatic N) is 3. The Kier molecular flexibility index (Phi) is 9.08. The fourth-order valence-electron chi connectivity index (χ4n) is 2.94. The van der Waals surface area contributed by atoms with Gasteiger partial charge < -0.3 is 10.2 Å². The largest absolute Gasteiger partial charge is 0.401 e. The van der Waals surface area contributed by atoms with Crippen molar-refractivity contribution in [3.05, 3.63) is 35.6 Å². The van der Waals surface area contributed by atoms with Gasteiger partial charge in [0, 0.05) is 39.3 Å². The summed E-state index contributed by atoms with van der Waals surface area (Å²) in [5, 5.41) is 3.24. The van der Waals surface area contributed by atoms with Crippen molar-refractivity contribution in [3.8, 4) is 0 Å². The van der Waals surface area contributed by atoms with Gasteiger partial charge in [0.1, 0.15) is 5.82 Å². The summed E-state index contributed by atoms with van der Waals surface area (Å²) >= 11 is 0. The minimum Gasteiger partial charge on any atom is -0.352 e. The van der Waals surface area contributed by atoms with E-state index in [1.807, 2.05) is 24.9 Å². The highest BCUT2D eigenvalue weighted by Gasteiger charge is 2.34. The van der Waals surface area contributed by atoms with E-state index in [1.165, 1.54) is 17.0 Å². The Hall–Kier alpha value is -1.10. The highest BCUT2D eigenvalue weighted by molar-refractivity contribution is 14.0. The van der Waals surface area contributed by atoms with E-state index in [4.69, 9.17) is 0 Å². The van der Waals surface area contributed by atoms with Crippen molar-refractivity contribution in [2.45, 2.75) is 32.1 Å². The smallest absolute Gasteiger partial charge is 0.352 e. The SMILES string of the molecule is CCN=C(NC1CCN(CC(F)(F)F)C1)N(C)Cc1cccc(F)c1.I. The van der Waals surface area contributed by atoms with Crippen LogP contribution in [0.1, 0.15) is 18.9 Å². The van der Waals surface area contributed by atoms with E-state index in [0.717, 1.165) is 5.56 Å². The lowest BCUT2D eigenvalue weighted by molar-refractivity contribution is -0.143. The number of hydrogen-bond donors (Lipinski definition) is 1. The molecule has 1 aromatic rings. The second-order valence-corrected chi connectivity index (χ2v) is 6.26. The number of nitrogens with one attached hydrogen (secondary N) is 1. The molecule has 1 aromatic carbocycles. The van der Waals surface area contributed by atoms with E-state index in [1.54, 1.807) is 6.07 Å². The molecule has 1 heterocycles. The van der Waals surface area contributed by atoms with Crippen LogP contribution >= 0.6 is 24.0 Å². The standard InChI is InChI=1S/C17H24F4N4.HI/c1-3-22-16(24(2)10-13-5-4-6-14(18)9-13)23-15-7-8-25(11-15)12-17(19,20)21;/h4-6,9,15H,3,7-8,10-12H2,1-2H3,(H,22,23);1H. The molecule has 1 saturated heterocycles. The lowest BCUT2D eigenvalue weighted by Crippen LogP contribution is -2.45. The second kappa shape index (κ2) is 10.3. The Morgan fingerprint density at radius 1 is 1.38 bits per heavy atom. The summed E-state index contributed by atoms with van der Waals surface area (Å²) < 4.78 is 50.8. The molecule has 0 amide bonds. The number of likely N-dealkylation sites (tertiary alicyclic amines) is 1. The van der Waals surface area contributed by atoms with Crippen LogP contribution < -0.4 is 5.32 Å². The summed E-state index contributed by atoms with van der Waals surface area (Å²) in [5.74, 6) is 0.317. The van der Waals surface area contributed by atoms with Crippen LogP contribution in [-0.4, -0.2) is 61.2 Å². The first kappa shape index (κ1) is 22.9. The Balaban J connectivity index is 0.00000338. The van der Waals surface area contributed by atoms with Crippen molar-refractivity contribution >= 4 is 29.9 Å². The van der Waals surface area contributed by atoms with Gasteiger partial charge in [0.2, 0.25) is 0 Å². The minimum absolute atomic E-state index is 0. The minimum atomic E-state index is -4.18. The number of halogens is 5. The molecule has 148 valence electrons. The molecule has 1 atom stereocenters. The zero-order valence-electron chi connectivity index (χ0n) is 14.9. The van der Waals surface area contributed by atoms with Gasteiger partial charge in [0.15, 0.2) is 5.96 Å². The van der Waals surface area contributed by atoms with Gasteiger partial charge in [-0.1, -0.05) is 12.1 Å². The molecular weight excluding hydrogens is 463 g/mol. The third-order valence-electron chi connectivity index (χ3n) is 3.99. The van der Waals surface area contributed by atoms with Crippen LogP contribution in [0, 0.1) is 5.82 Å². The monoisotopic (exact) mass is 488 g/mol. The van der Waals surface area contributed by atoms with Gasteiger partial charge in [-0.25, -0.2) is 4.39 Å². The van der Waals surface area contributed by atoms with Crippen LogP contribution in [0.15, 0.2) is 29.3 Å². The Labute approximate surface area is 168 Å². The third kappa shape index (κ3) is 7.65. The molecule has 0 saturated carbocycles. The fraction of sp³-hybridized carbons (Fsp3) is 0.588. The first-order valence-electron chi connectivity index (χ1n) is 8.32. The molecule has 1 N–H and O–H groups in total. The predicted molar refractivity (Wildman–Crippen MR) is 105 cm³/mol. The molecule has 9 heteroatoms. The lowest BCUT2D eigenvalue weighted by Gasteiger charge is -2.26. The highest BCUT2D eigenvalue weighted by atomic mass is 127. The number of benzene rings is 1. The predicted octanol–water partition coefficient (Wildman–Crippen LogP) is 3.48. The Morgan fingerprint density at radius 2 is 2.12 bits per heavy atom. The second-order valence-electron chi connectivity index (χ2n) is 6.26. The molecule has 2 rings (SSSR count). The average Bonchev–Trinajstić information content (AvgIpc) is 2.92. The van der Waals surface area contributed by atoms with Crippen LogP contribution in [0.3, 0.4) is 0 Å². The highest BCUT2D eigenvalue weighted by Crippen LogP contribution is 2.20. The molecule has 1 aliphatic heterocycles. The summed E-state index contributed by atoms with van der Waals surface area (Å²) in [7, 11) is 1.83. The third-order valence-corrected chi connectivity index (χ3v) is 3.99. The summed E-state index contributed by atoms with van der Waals surface area (Å²) in [6.45, 7) is 2.75. The Bertz CT molecular complexity index is 594. The van der Waals surface area contributed by atoms with Gasteiger partial charge >= 0.3 is 6.18 Å². The molecule has 0 aromatic heterocycles. The van der Waals surface area contributed by atoms with Gasteiger partial charge in [-0.15, -0.1) is 24.0 Å². The van der Waals surface area contributed by atoms with Crippen LogP contribution in [0.25, 0.3) is 0 Å². The van der Waals surface area contributed by atoms with E-state index in [-0.39, 0.29) is 35.8 Å². The average molecular weight is 488 g/mol. The molecular formula is C17H25F4IN4. The molecule has 1 unspecified atom stereocenters. The zero-order valence-corrected chi connectivity index (χ0v) is 17.2. The molecule has 1 aliphatic rings. The van der Waals surface area contributed by atoms with Crippen molar-refractivity contribution in [1.82, 2.24) is 15.1 Å². The first-order chi connectivity index (χ1) is 11.8. The van der Waals surface area contributed by atoms with Crippen molar-refractivity contribution in [1.29, 1.82) is 0 Å². The number of aliphatic imine (C=N–C) groups is 1. The topological polar surface area (TPSA) is 30.9 Å². The first-order valence-corrected chi connectivity index (χ1v) is 8.32. The van der Waals surface area contributed by atoms with E-state index in [2.05, 4.69) is 10.3 Å². The van der Waals surface area contributed by atoms with E-state index in [9.17, 15) is 17.6 Å². The summed E-state index contributed by atoms with van der Waals surface area (Å²) in [6, 6.07) is 6.23. The maximum Gasteiger partial charge on any atom is 0.401 e. The fourth-order valence-corrected chi connectivity index (χ4v) is 2.94. The lowest BCUT2D eigenvalue weighted by atomic mass is 10.2. The van der Waals surface area contributed by atoms with Crippen molar-refractivity contribution in [2.75, 3.05) is 33.2 Å². The quantitative estimate of drug-likeness (QED) is 0.298. The van der Waals surface area contributed by atoms with Gasteiger partial charge in [0.05, 0.1) is 6.54 Å². The van der Waals surface area contributed by atoms with Crippen LogP contribution in [0.5, 0.6) is 0 Å². The number of hydrogen-bond acceptors (Lipinski definition) is 2. The summed E-state index contributed by atoms with van der Waals surface area (Å²) in [6.07, 6.45) is -3.55. The molecule has 26 heavy (non-hydrogen) atoms. The van der Waals surface area contributed by atoms with Gasteiger partial charge in [-0.3, -0.25) is 9.89 Å². The number of rotatable bonds is 5. The molecule has 0 bridgehead atoms. The molecule has 4 nitrogen and oxygen atoms in total. The van der Waals surface area contributed by atoms with Gasteiger partial charge in [0.25, 0.3) is 0 Å². The van der Waals surface area contributed by atoms with E-state index < -0.39 is 12.7 Å². The Morgan fingerprint density at radius 3 is 2.73 bits per heavy atom. The van der Waals surface area contributed by atoms with Gasteiger partial charge in [-0.05, 0) is 31.0 Å². The van der Waals surface area contributed by atoms with Crippen LogP contribution in [-0.2, 0) is 6.54 Å². The zero-order chi connectivity index (χ0) is 18.4. The van der Waals surface area contributed by atoms with Crippen molar-refractivity contribution < 1.29 is 17.6 Å². The maximum atomic E-state index is 13.3.